The van der Waals surface area contributed by atoms with Gasteiger partial charge in [0.25, 0.3) is 5.69 Å². The number of ether oxygens (including phenoxy) is 1. The first-order chi connectivity index (χ1) is 14.2. The number of amides is 1. The molecular formula is C18H16N6O6. The number of nitrogens with one attached hydrogen (secondary N) is 1. The van der Waals surface area contributed by atoms with Gasteiger partial charge in [0.1, 0.15) is 29.4 Å². The second kappa shape index (κ2) is 8.34. The van der Waals surface area contributed by atoms with Crippen LogP contribution in [-0.2, 0) is 4.79 Å². The molecule has 1 aromatic carbocycles. The van der Waals surface area contributed by atoms with Gasteiger partial charge in [0.2, 0.25) is 5.91 Å². The van der Waals surface area contributed by atoms with Crippen LogP contribution in [0.3, 0.4) is 0 Å². The molecule has 1 amide bonds. The van der Waals surface area contributed by atoms with Crippen LogP contribution in [0.25, 0.3) is 0 Å². The summed E-state index contributed by atoms with van der Waals surface area (Å²) in [6.45, 7) is 2.96. The molecule has 3 rings (SSSR count). The summed E-state index contributed by atoms with van der Waals surface area (Å²) in [5.74, 6) is -0.0751. The first-order valence-electron chi connectivity index (χ1n) is 8.63. The fourth-order valence-electron chi connectivity index (χ4n) is 2.58. The lowest BCUT2D eigenvalue weighted by atomic mass is 10.2. The summed E-state index contributed by atoms with van der Waals surface area (Å²) >= 11 is 0. The minimum absolute atomic E-state index is 0.123. The van der Waals surface area contributed by atoms with Gasteiger partial charge in [-0.15, -0.1) is 0 Å². The van der Waals surface area contributed by atoms with E-state index < -0.39 is 21.8 Å². The van der Waals surface area contributed by atoms with Crippen LogP contribution in [0.1, 0.15) is 18.7 Å². The Balaban J connectivity index is 1.84. The van der Waals surface area contributed by atoms with Crippen molar-refractivity contribution in [3.05, 3.63) is 74.8 Å². The molecule has 1 N–H and O–H groups in total. The van der Waals surface area contributed by atoms with Crippen LogP contribution >= 0.6 is 0 Å². The smallest absolute Gasteiger partial charge is 0.309 e. The Bertz CT molecular complexity index is 1110. The predicted molar refractivity (Wildman–Crippen MR) is 104 cm³/mol. The van der Waals surface area contributed by atoms with Crippen LogP contribution in [-0.4, -0.2) is 30.5 Å². The van der Waals surface area contributed by atoms with E-state index in [4.69, 9.17) is 4.74 Å². The molecule has 0 fully saturated rings. The minimum atomic E-state index is -0.903. The van der Waals surface area contributed by atoms with Gasteiger partial charge in [-0.25, -0.2) is 0 Å². The zero-order valence-corrected chi connectivity index (χ0v) is 15.9. The van der Waals surface area contributed by atoms with Gasteiger partial charge in [0, 0.05) is 18.3 Å². The van der Waals surface area contributed by atoms with Gasteiger partial charge >= 0.3 is 5.69 Å². The molecule has 30 heavy (non-hydrogen) atoms. The van der Waals surface area contributed by atoms with Crippen molar-refractivity contribution in [3.63, 3.8) is 0 Å². The van der Waals surface area contributed by atoms with E-state index in [1.807, 2.05) is 0 Å². The first kappa shape index (κ1) is 20.4. The lowest BCUT2D eigenvalue weighted by Crippen LogP contribution is -2.24. The maximum atomic E-state index is 12.6. The number of anilines is 1. The number of non-ortho nitro benzene ring substituents is 1. The highest BCUT2D eigenvalue weighted by atomic mass is 16.6. The zero-order chi connectivity index (χ0) is 21.8. The van der Waals surface area contributed by atoms with Crippen LogP contribution < -0.4 is 10.1 Å². The van der Waals surface area contributed by atoms with E-state index in [9.17, 15) is 25.0 Å². The molecule has 0 saturated heterocycles. The standard InChI is InChI=1S/C18H16N6O6/c1-11-17(24(28)29)10-22(21-11)12(2)18(25)20-13-6-14(23(26)27)8-16(7-13)30-15-4-3-5-19-9-15/h3-10,12H,1-2H3,(H,20,25). The first-order valence-corrected chi connectivity index (χ1v) is 8.63. The molecule has 0 aliphatic carbocycles. The van der Waals surface area contributed by atoms with Crippen molar-refractivity contribution in [1.29, 1.82) is 0 Å². The molecular weight excluding hydrogens is 396 g/mol. The molecule has 2 heterocycles. The number of aromatic nitrogens is 3. The quantitative estimate of drug-likeness (QED) is 0.457. The van der Waals surface area contributed by atoms with Crippen molar-refractivity contribution in [2.24, 2.45) is 0 Å². The van der Waals surface area contributed by atoms with E-state index in [0.29, 0.717) is 5.75 Å². The number of nitrogens with zero attached hydrogens (tertiary/aromatic N) is 5. The van der Waals surface area contributed by atoms with Gasteiger partial charge < -0.3 is 10.1 Å². The van der Waals surface area contributed by atoms with Crippen molar-refractivity contribution in [2.45, 2.75) is 19.9 Å². The summed E-state index contributed by atoms with van der Waals surface area (Å²) in [4.78, 5) is 37.5. The van der Waals surface area contributed by atoms with Crippen LogP contribution in [0, 0.1) is 27.2 Å². The van der Waals surface area contributed by atoms with Crippen molar-refractivity contribution >= 4 is 23.0 Å². The molecule has 12 nitrogen and oxygen atoms in total. The lowest BCUT2D eigenvalue weighted by Gasteiger charge is -2.13. The molecule has 0 aliphatic heterocycles. The number of carbonyl (C=O) groups excluding carboxylic acids is 1. The zero-order valence-electron chi connectivity index (χ0n) is 15.9. The number of rotatable bonds is 7. The second-order valence-electron chi connectivity index (χ2n) is 6.27. The Morgan fingerprint density at radius 3 is 2.57 bits per heavy atom. The summed E-state index contributed by atoms with van der Waals surface area (Å²) in [7, 11) is 0. The third kappa shape index (κ3) is 4.55. The SMILES string of the molecule is Cc1nn(C(C)C(=O)Nc2cc(Oc3cccnc3)cc([N+](=O)[O-])c2)cc1[N+](=O)[O-]. The summed E-state index contributed by atoms with van der Waals surface area (Å²) in [5, 5.41) is 28.8. The second-order valence-corrected chi connectivity index (χ2v) is 6.27. The maximum absolute atomic E-state index is 12.6. The fraction of sp³-hybridized carbons (Fsp3) is 0.167. The van der Waals surface area contributed by atoms with Crippen molar-refractivity contribution in [1.82, 2.24) is 14.8 Å². The van der Waals surface area contributed by atoms with Crippen LogP contribution in [0.2, 0.25) is 0 Å². The van der Waals surface area contributed by atoms with Crippen LogP contribution in [0.15, 0.2) is 48.9 Å². The third-order valence-electron chi connectivity index (χ3n) is 4.10. The van der Waals surface area contributed by atoms with Gasteiger partial charge in [0.05, 0.1) is 27.8 Å². The fourth-order valence-corrected chi connectivity index (χ4v) is 2.58. The van der Waals surface area contributed by atoms with Gasteiger partial charge in [-0.2, -0.15) is 5.10 Å². The van der Waals surface area contributed by atoms with Crippen LogP contribution in [0.4, 0.5) is 17.1 Å². The molecule has 0 aliphatic rings. The molecule has 0 spiro atoms. The summed E-state index contributed by atoms with van der Waals surface area (Å²) in [6.07, 6.45) is 4.14. The van der Waals surface area contributed by atoms with Gasteiger partial charge in [0.15, 0.2) is 0 Å². The molecule has 12 heteroatoms. The molecule has 3 aromatic rings. The van der Waals surface area contributed by atoms with Gasteiger partial charge in [-0.3, -0.25) is 34.7 Å². The largest absolute Gasteiger partial charge is 0.455 e. The average Bonchev–Trinajstić information content (AvgIpc) is 3.09. The van der Waals surface area contributed by atoms with Gasteiger partial charge in [-0.1, -0.05) is 0 Å². The van der Waals surface area contributed by atoms with Crippen molar-refractivity contribution < 1.29 is 19.4 Å². The Morgan fingerprint density at radius 1 is 1.20 bits per heavy atom. The van der Waals surface area contributed by atoms with Gasteiger partial charge in [-0.05, 0) is 26.0 Å². The minimum Gasteiger partial charge on any atom is -0.455 e. The molecule has 0 bridgehead atoms. The highest BCUT2D eigenvalue weighted by Gasteiger charge is 2.23. The number of aryl methyl sites for hydroxylation is 1. The Kier molecular flexibility index (Phi) is 5.67. The predicted octanol–water partition coefficient (Wildman–Crippen LogP) is 3.39. The number of nitro benzene ring substituents is 1. The number of benzene rings is 1. The van der Waals surface area contributed by atoms with Crippen molar-refractivity contribution in [3.8, 4) is 11.5 Å². The normalized spacial score (nSPS) is 11.5. The molecule has 0 saturated carbocycles. The highest BCUT2D eigenvalue weighted by Crippen LogP contribution is 2.30. The topological polar surface area (TPSA) is 155 Å². The molecule has 154 valence electrons. The van der Waals surface area contributed by atoms with E-state index in [1.54, 1.807) is 18.3 Å². The van der Waals surface area contributed by atoms with E-state index in [2.05, 4.69) is 15.4 Å². The maximum Gasteiger partial charge on any atom is 0.309 e. The molecule has 1 atom stereocenters. The summed E-state index contributed by atoms with van der Waals surface area (Å²) < 4.78 is 6.73. The van der Waals surface area contributed by atoms with Crippen molar-refractivity contribution in [2.75, 3.05) is 5.32 Å². The number of hydrogen-bond acceptors (Lipinski definition) is 8. The Morgan fingerprint density at radius 2 is 1.97 bits per heavy atom. The van der Waals surface area contributed by atoms with E-state index in [-0.39, 0.29) is 28.5 Å². The Labute approximate surface area is 169 Å². The number of hydrogen-bond donors (Lipinski definition) is 1. The number of pyridine rings is 1. The lowest BCUT2D eigenvalue weighted by molar-refractivity contribution is -0.385. The monoisotopic (exact) mass is 412 g/mol. The average molecular weight is 412 g/mol. The van der Waals surface area contributed by atoms with Crippen LogP contribution in [0.5, 0.6) is 11.5 Å². The van der Waals surface area contributed by atoms with E-state index in [0.717, 1.165) is 10.9 Å². The summed E-state index contributed by atoms with van der Waals surface area (Å²) in [5.41, 5.74) is -0.206. The molecule has 2 aromatic heterocycles. The van der Waals surface area contributed by atoms with E-state index >= 15 is 0 Å². The third-order valence-corrected chi connectivity index (χ3v) is 4.10. The number of nitro groups is 2. The highest BCUT2D eigenvalue weighted by molar-refractivity contribution is 5.94. The number of carbonyl (C=O) groups is 1. The Hall–Kier alpha value is -4.35. The molecule has 1 unspecified atom stereocenters. The molecule has 0 radical (unpaired) electrons. The summed E-state index contributed by atoms with van der Waals surface area (Å²) in [6, 6.07) is 6.17. The van der Waals surface area contributed by atoms with E-state index in [1.165, 1.54) is 38.2 Å².